The first-order valence-electron chi connectivity index (χ1n) is 5.16. The first-order valence-corrected chi connectivity index (χ1v) is 5.16. The van der Waals surface area contributed by atoms with Gasteiger partial charge in [0.05, 0.1) is 18.3 Å². The summed E-state index contributed by atoms with van der Waals surface area (Å²) >= 11 is 0. The van der Waals surface area contributed by atoms with Gasteiger partial charge in [-0.15, -0.1) is 0 Å². The van der Waals surface area contributed by atoms with Crippen molar-refractivity contribution in [2.24, 2.45) is 13.0 Å². The fourth-order valence-corrected chi connectivity index (χ4v) is 1.85. The van der Waals surface area contributed by atoms with Gasteiger partial charge in [-0.3, -0.25) is 4.79 Å². The summed E-state index contributed by atoms with van der Waals surface area (Å²) in [4.78, 5) is 13.3. The zero-order valence-corrected chi connectivity index (χ0v) is 9.01. The molecule has 0 amide bonds. The van der Waals surface area contributed by atoms with Crippen molar-refractivity contribution < 1.29 is 9.53 Å². The van der Waals surface area contributed by atoms with Crippen molar-refractivity contribution >= 4 is 5.78 Å². The Balaban J connectivity index is 1.97. The standard InChI is InChI=1S/C10H15N3O2/c1-7-3-4-15-10(7)9(14)5-8-6-11-13(2)12-8/h6-7,10H,3-5H2,1-2H3. The first kappa shape index (κ1) is 10.3. The van der Waals surface area contributed by atoms with Crippen molar-refractivity contribution in [2.75, 3.05) is 6.61 Å². The molecule has 1 saturated heterocycles. The third-order valence-electron chi connectivity index (χ3n) is 2.71. The van der Waals surface area contributed by atoms with Crippen molar-refractivity contribution in [1.29, 1.82) is 0 Å². The molecule has 0 bridgehead atoms. The van der Waals surface area contributed by atoms with Crippen LogP contribution < -0.4 is 0 Å². The zero-order chi connectivity index (χ0) is 10.8. The van der Waals surface area contributed by atoms with Crippen LogP contribution in [0.5, 0.6) is 0 Å². The van der Waals surface area contributed by atoms with E-state index < -0.39 is 0 Å². The maximum atomic E-state index is 11.8. The Morgan fingerprint density at radius 2 is 2.53 bits per heavy atom. The van der Waals surface area contributed by atoms with Crippen LogP contribution in [0, 0.1) is 5.92 Å². The van der Waals surface area contributed by atoms with Gasteiger partial charge in [0.25, 0.3) is 0 Å². The smallest absolute Gasteiger partial charge is 0.167 e. The van der Waals surface area contributed by atoms with Crippen LogP contribution in [0.1, 0.15) is 19.0 Å². The van der Waals surface area contributed by atoms with Gasteiger partial charge >= 0.3 is 0 Å². The number of hydrogen-bond donors (Lipinski definition) is 0. The molecule has 5 heteroatoms. The Kier molecular flexibility index (Phi) is 2.81. The van der Waals surface area contributed by atoms with Crippen LogP contribution in [-0.4, -0.2) is 33.5 Å². The lowest BCUT2D eigenvalue weighted by Gasteiger charge is -2.11. The molecule has 1 fully saturated rings. The van der Waals surface area contributed by atoms with Gasteiger partial charge in [-0.25, -0.2) is 0 Å². The number of Topliss-reactive ketones (excluding diaryl/α,β-unsaturated/α-hetero) is 1. The lowest BCUT2D eigenvalue weighted by Crippen LogP contribution is -2.26. The quantitative estimate of drug-likeness (QED) is 0.721. The average molecular weight is 209 g/mol. The predicted molar refractivity (Wildman–Crippen MR) is 53.2 cm³/mol. The van der Waals surface area contributed by atoms with E-state index >= 15 is 0 Å². The number of rotatable bonds is 3. The summed E-state index contributed by atoms with van der Waals surface area (Å²) in [5.74, 6) is 0.440. The minimum atomic E-state index is -0.244. The van der Waals surface area contributed by atoms with Crippen LogP contribution in [0.4, 0.5) is 0 Å². The summed E-state index contributed by atoms with van der Waals surface area (Å²) in [6.07, 6.45) is 2.67. The lowest BCUT2D eigenvalue weighted by atomic mass is 9.98. The molecule has 1 aromatic heterocycles. The van der Waals surface area contributed by atoms with Crippen LogP contribution >= 0.6 is 0 Å². The first-order chi connectivity index (χ1) is 7.16. The van der Waals surface area contributed by atoms with E-state index in [-0.39, 0.29) is 11.9 Å². The fraction of sp³-hybridized carbons (Fsp3) is 0.700. The number of hydrogen-bond acceptors (Lipinski definition) is 4. The summed E-state index contributed by atoms with van der Waals surface area (Å²) in [5.41, 5.74) is 0.713. The normalized spacial score (nSPS) is 25.7. The monoisotopic (exact) mass is 209 g/mol. The largest absolute Gasteiger partial charge is 0.370 e. The zero-order valence-electron chi connectivity index (χ0n) is 9.01. The summed E-state index contributed by atoms with van der Waals surface area (Å²) in [6, 6.07) is 0. The molecule has 82 valence electrons. The van der Waals surface area contributed by atoms with Gasteiger partial charge < -0.3 is 4.74 Å². The van der Waals surface area contributed by atoms with E-state index in [0.29, 0.717) is 24.6 Å². The summed E-state index contributed by atoms with van der Waals surface area (Å²) in [6.45, 7) is 2.74. The SMILES string of the molecule is CC1CCOC1C(=O)Cc1cnn(C)n1. The van der Waals surface area contributed by atoms with Crippen molar-refractivity contribution in [3.63, 3.8) is 0 Å². The summed E-state index contributed by atoms with van der Waals surface area (Å²) in [7, 11) is 1.74. The van der Waals surface area contributed by atoms with E-state index in [4.69, 9.17) is 4.74 Å². The molecule has 2 unspecified atom stereocenters. The molecular weight excluding hydrogens is 194 g/mol. The highest BCUT2D eigenvalue weighted by Gasteiger charge is 2.30. The van der Waals surface area contributed by atoms with Crippen LogP contribution in [0.3, 0.4) is 0 Å². The van der Waals surface area contributed by atoms with Gasteiger partial charge in [0.2, 0.25) is 0 Å². The molecule has 2 rings (SSSR count). The molecule has 0 spiro atoms. The maximum absolute atomic E-state index is 11.8. The van der Waals surface area contributed by atoms with Crippen LogP contribution in [-0.2, 0) is 23.0 Å². The molecule has 15 heavy (non-hydrogen) atoms. The van der Waals surface area contributed by atoms with Crippen LogP contribution in [0.15, 0.2) is 6.20 Å². The van der Waals surface area contributed by atoms with Gasteiger partial charge in [0, 0.05) is 13.7 Å². The number of ether oxygens (including phenoxy) is 1. The highest BCUT2D eigenvalue weighted by molar-refractivity contribution is 5.85. The number of aromatic nitrogens is 3. The fourth-order valence-electron chi connectivity index (χ4n) is 1.85. The molecule has 2 heterocycles. The third-order valence-corrected chi connectivity index (χ3v) is 2.71. The van der Waals surface area contributed by atoms with Crippen LogP contribution in [0.2, 0.25) is 0 Å². The number of nitrogens with zero attached hydrogens (tertiary/aromatic N) is 3. The third kappa shape index (κ3) is 2.23. The van der Waals surface area contributed by atoms with Gasteiger partial charge in [-0.1, -0.05) is 6.92 Å². The predicted octanol–water partition coefficient (Wildman–Crippen LogP) is 0.352. The van der Waals surface area contributed by atoms with E-state index in [2.05, 4.69) is 10.2 Å². The van der Waals surface area contributed by atoms with Gasteiger partial charge in [0.1, 0.15) is 6.10 Å². The molecular formula is C10H15N3O2. The van der Waals surface area contributed by atoms with E-state index in [9.17, 15) is 4.79 Å². The average Bonchev–Trinajstić information content (AvgIpc) is 2.75. The Hall–Kier alpha value is -1.23. The second-order valence-electron chi connectivity index (χ2n) is 4.03. The molecule has 1 aliphatic rings. The lowest BCUT2D eigenvalue weighted by molar-refractivity contribution is -0.128. The van der Waals surface area contributed by atoms with E-state index in [1.165, 1.54) is 4.80 Å². The molecule has 0 radical (unpaired) electrons. The van der Waals surface area contributed by atoms with Crippen molar-refractivity contribution in [2.45, 2.75) is 25.9 Å². The number of carbonyl (C=O) groups is 1. The van der Waals surface area contributed by atoms with Crippen molar-refractivity contribution in [1.82, 2.24) is 15.0 Å². The minimum absolute atomic E-state index is 0.112. The second kappa shape index (κ2) is 4.10. The number of ketones is 1. The van der Waals surface area contributed by atoms with Crippen molar-refractivity contribution in [3.05, 3.63) is 11.9 Å². The van der Waals surface area contributed by atoms with Gasteiger partial charge in [0.15, 0.2) is 5.78 Å². The Bertz CT molecular complexity index is 361. The molecule has 0 saturated carbocycles. The molecule has 1 aromatic rings. The molecule has 5 nitrogen and oxygen atoms in total. The maximum Gasteiger partial charge on any atom is 0.167 e. The van der Waals surface area contributed by atoms with Gasteiger partial charge in [-0.2, -0.15) is 15.0 Å². The number of aryl methyl sites for hydroxylation is 1. The molecule has 1 aliphatic heterocycles. The van der Waals surface area contributed by atoms with Crippen molar-refractivity contribution in [3.8, 4) is 0 Å². The highest BCUT2D eigenvalue weighted by Crippen LogP contribution is 2.21. The highest BCUT2D eigenvalue weighted by atomic mass is 16.5. The van der Waals surface area contributed by atoms with Crippen LogP contribution in [0.25, 0.3) is 0 Å². The van der Waals surface area contributed by atoms with E-state index in [1.54, 1.807) is 13.2 Å². The minimum Gasteiger partial charge on any atom is -0.370 e. The topological polar surface area (TPSA) is 57.0 Å². The molecule has 2 atom stereocenters. The van der Waals surface area contributed by atoms with Gasteiger partial charge in [-0.05, 0) is 12.3 Å². The molecule has 0 N–H and O–H groups in total. The number of carbonyl (C=O) groups excluding carboxylic acids is 1. The second-order valence-corrected chi connectivity index (χ2v) is 4.03. The van der Waals surface area contributed by atoms with E-state index in [1.807, 2.05) is 6.92 Å². The summed E-state index contributed by atoms with van der Waals surface area (Å²) in [5, 5.41) is 8.00. The molecule has 0 aliphatic carbocycles. The summed E-state index contributed by atoms with van der Waals surface area (Å²) < 4.78 is 5.40. The molecule has 0 aromatic carbocycles. The Morgan fingerprint density at radius 3 is 3.07 bits per heavy atom. The van der Waals surface area contributed by atoms with E-state index in [0.717, 1.165) is 6.42 Å². The Morgan fingerprint density at radius 1 is 1.73 bits per heavy atom. The Labute approximate surface area is 88.4 Å².